The Labute approximate surface area is 190 Å². The van der Waals surface area contributed by atoms with Crippen molar-refractivity contribution in [2.45, 2.75) is 42.8 Å². The second kappa shape index (κ2) is 9.36. The van der Waals surface area contributed by atoms with E-state index in [1.54, 1.807) is 0 Å². The summed E-state index contributed by atoms with van der Waals surface area (Å²) in [6.45, 7) is 4.10. The van der Waals surface area contributed by atoms with Gasteiger partial charge in [-0.3, -0.25) is 9.32 Å². The minimum atomic E-state index is -5.82. The normalized spacial score (nSPS) is 32.4. The number of nitrogens with zero attached hydrogens (tertiary/aromatic N) is 2. The van der Waals surface area contributed by atoms with Gasteiger partial charge in [0, 0.05) is 0 Å². The number of carbonyl (C=O) groups is 1. The van der Waals surface area contributed by atoms with Crippen LogP contribution in [-0.2, 0) is 36.4 Å². The van der Waals surface area contributed by atoms with Crippen LogP contribution in [0, 0.1) is 0 Å². The molecule has 1 saturated heterocycles. The summed E-state index contributed by atoms with van der Waals surface area (Å²) in [6, 6.07) is 0. The molecule has 2 heterocycles. The molecule has 1 fully saturated rings. The van der Waals surface area contributed by atoms with Crippen molar-refractivity contribution in [3.05, 3.63) is 12.4 Å². The molecule has 0 aromatic heterocycles. The summed E-state index contributed by atoms with van der Waals surface area (Å²) in [4.78, 5) is 45.3. The van der Waals surface area contributed by atoms with Crippen molar-refractivity contribution in [3.8, 4) is 0 Å². The molecule has 190 valence electrons. The molecule has 3 unspecified atom stereocenters. The van der Waals surface area contributed by atoms with Crippen molar-refractivity contribution in [2.75, 3.05) is 6.67 Å². The molecule has 33 heavy (non-hydrogen) atoms. The number of phosphoric ester groups is 1. The summed E-state index contributed by atoms with van der Waals surface area (Å²) in [6.07, 6.45) is -4.57. The second-order valence-corrected chi connectivity index (χ2v) is 12.3. The topological polar surface area (TPSA) is 234 Å². The van der Waals surface area contributed by atoms with E-state index in [1.165, 1.54) is 0 Å². The molecule has 16 nitrogen and oxygen atoms in total. The van der Waals surface area contributed by atoms with Gasteiger partial charge in [0.15, 0.2) is 6.23 Å². The molecule has 0 bridgehead atoms. The van der Waals surface area contributed by atoms with Crippen LogP contribution in [0.4, 0.5) is 4.39 Å². The van der Waals surface area contributed by atoms with Gasteiger partial charge in [-0.25, -0.2) is 23.1 Å². The SMILES string of the molecule is C=C1NC(=O)C=NN1[C@@H]1O[C@H](C(C)(C)OP(=O)(O)OP(=O)(O)OP(=O)(O)O)[C@H](O)C1(Cl)CF. The summed E-state index contributed by atoms with van der Waals surface area (Å²) in [5.74, 6) is -0.871. The van der Waals surface area contributed by atoms with Gasteiger partial charge in [-0.1, -0.05) is 6.58 Å². The summed E-state index contributed by atoms with van der Waals surface area (Å²) in [7, 11) is -17.1. The number of hydrogen-bond donors (Lipinski definition) is 6. The Morgan fingerprint density at radius 2 is 1.88 bits per heavy atom. The van der Waals surface area contributed by atoms with Gasteiger partial charge < -0.3 is 34.7 Å². The van der Waals surface area contributed by atoms with Crippen LogP contribution in [0.25, 0.3) is 0 Å². The Balaban J connectivity index is 2.29. The zero-order chi connectivity index (χ0) is 25.6. The predicted octanol–water partition coefficient (Wildman–Crippen LogP) is 0.0300. The van der Waals surface area contributed by atoms with Gasteiger partial charge in [0.25, 0.3) is 5.91 Å². The van der Waals surface area contributed by atoms with Crippen LogP contribution in [0.5, 0.6) is 0 Å². The third kappa shape index (κ3) is 6.67. The van der Waals surface area contributed by atoms with Crippen molar-refractivity contribution < 1.29 is 65.4 Å². The highest BCUT2D eigenvalue weighted by molar-refractivity contribution is 7.66. The van der Waals surface area contributed by atoms with Gasteiger partial charge in [-0.05, 0) is 13.8 Å². The van der Waals surface area contributed by atoms with Crippen LogP contribution in [-0.4, -0.2) is 77.4 Å². The highest BCUT2D eigenvalue weighted by atomic mass is 35.5. The molecule has 6 N–H and O–H groups in total. The van der Waals surface area contributed by atoms with Crippen LogP contribution in [0.2, 0.25) is 0 Å². The van der Waals surface area contributed by atoms with E-state index in [0.29, 0.717) is 0 Å². The molecule has 0 spiro atoms. The van der Waals surface area contributed by atoms with E-state index in [0.717, 1.165) is 25.1 Å². The maximum atomic E-state index is 13.9. The Bertz CT molecular complexity index is 991. The minimum absolute atomic E-state index is 0.204. The smallest absolute Gasteiger partial charge is 0.388 e. The number of carbonyl (C=O) groups excluding carboxylic acids is 1. The third-order valence-electron chi connectivity index (χ3n) is 4.19. The van der Waals surface area contributed by atoms with Crippen molar-refractivity contribution in [3.63, 3.8) is 0 Å². The highest BCUT2D eigenvalue weighted by Crippen LogP contribution is 2.67. The van der Waals surface area contributed by atoms with Crippen molar-refractivity contribution in [1.29, 1.82) is 0 Å². The van der Waals surface area contributed by atoms with Crippen LogP contribution in [0.1, 0.15) is 13.8 Å². The maximum absolute atomic E-state index is 13.9. The summed E-state index contributed by atoms with van der Waals surface area (Å²) < 4.78 is 65.9. The number of amides is 1. The van der Waals surface area contributed by atoms with E-state index >= 15 is 0 Å². The number of halogens is 2. The van der Waals surface area contributed by atoms with E-state index in [4.69, 9.17) is 30.6 Å². The molecule has 21 heteroatoms. The van der Waals surface area contributed by atoms with Crippen molar-refractivity contribution >= 4 is 47.2 Å². The average molecular weight is 562 g/mol. The van der Waals surface area contributed by atoms with Gasteiger partial charge in [-0.15, -0.1) is 11.6 Å². The van der Waals surface area contributed by atoms with Gasteiger partial charge in [0.05, 0.1) is 0 Å². The van der Waals surface area contributed by atoms with Crippen LogP contribution < -0.4 is 5.32 Å². The molecule has 0 aromatic carbocycles. The number of hydrazone groups is 1. The maximum Gasteiger partial charge on any atom is 0.490 e. The first kappa shape index (κ1) is 28.5. The molecule has 6 atom stereocenters. The van der Waals surface area contributed by atoms with Crippen molar-refractivity contribution in [1.82, 2.24) is 10.3 Å². The average Bonchev–Trinajstić information content (AvgIpc) is 2.83. The monoisotopic (exact) mass is 561 g/mol. The third-order valence-corrected chi connectivity index (χ3v) is 8.73. The number of alkyl halides is 2. The first-order valence-electron chi connectivity index (χ1n) is 8.49. The fourth-order valence-electron chi connectivity index (χ4n) is 2.94. The van der Waals surface area contributed by atoms with Gasteiger partial charge in [-0.2, -0.15) is 13.7 Å². The lowest BCUT2D eigenvalue weighted by Gasteiger charge is -2.35. The molecule has 0 aliphatic carbocycles. The number of phosphoric acid groups is 3. The van der Waals surface area contributed by atoms with Crippen LogP contribution in [0.15, 0.2) is 17.5 Å². The highest BCUT2D eigenvalue weighted by Gasteiger charge is 2.63. The number of hydrogen-bond acceptors (Lipinski definition) is 11. The number of aliphatic hydroxyl groups is 1. The van der Waals surface area contributed by atoms with E-state index in [-0.39, 0.29) is 5.82 Å². The summed E-state index contributed by atoms with van der Waals surface area (Å²) in [5.41, 5.74) is -2.14. The molecule has 0 radical (unpaired) electrons. The lowest BCUT2D eigenvalue weighted by molar-refractivity contribution is -0.133. The minimum Gasteiger partial charge on any atom is -0.388 e. The molecule has 2 aliphatic rings. The molecule has 2 aliphatic heterocycles. The van der Waals surface area contributed by atoms with E-state index in [2.05, 4.69) is 25.6 Å². The number of nitrogens with one attached hydrogen (secondary N) is 1. The molecule has 0 saturated carbocycles. The van der Waals surface area contributed by atoms with Gasteiger partial charge in [0.1, 0.15) is 41.4 Å². The number of rotatable bonds is 9. The van der Waals surface area contributed by atoms with Crippen molar-refractivity contribution in [2.24, 2.45) is 5.10 Å². The summed E-state index contributed by atoms with van der Waals surface area (Å²) in [5, 5.41) is 17.4. The van der Waals surface area contributed by atoms with Crippen LogP contribution in [0.3, 0.4) is 0 Å². The molecule has 0 aromatic rings. The Hall–Kier alpha value is -0.770. The molecule has 2 rings (SSSR count). The fraction of sp³-hybridized carbons (Fsp3) is 0.667. The largest absolute Gasteiger partial charge is 0.490 e. The van der Waals surface area contributed by atoms with E-state index in [9.17, 15) is 37.8 Å². The lowest BCUT2D eigenvalue weighted by atomic mass is 9.91. The molecular formula is C12H20ClFN3O13P3. The number of aliphatic hydroxyl groups excluding tert-OH is 1. The lowest BCUT2D eigenvalue weighted by Crippen LogP contribution is -2.54. The Morgan fingerprint density at radius 3 is 2.36 bits per heavy atom. The number of ether oxygens (including phenoxy) is 1. The van der Waals surface area contributed by atoms with Crippen LogP contribution >= 0.6 is 35.1 Å². The Morgan fingerprint density at radius 1 is 1.30 bits per heavy atom. The standard InChI is InChI=1S/C12H20ClFN3O13P3/c1-6-16-7(18)4-15-17(6)10-12(13,5-14)8(19)9(27-10)11(2,3)28-32(23,24)30-33(25,26)29-31(20,21)22/h4,8-10,19H,1,5H2,2-3H3,(H,16,18)(H,23,24)(H,25,26)(H2,20,21,22)/t8-,9-,10+,12?/m0/s1. The van der Waals surface area contributed by atoms with E-state index < -0.39 is 65.0 Å². The van der Waals surface area contributed by atoms with E-state index in [1.807, 2.05) is 0 Å². The molecule has 1 amide bonds. The van der Waals surface area contributed by atoms with Gasteiger partial charge >= 0.3 is 23.5 Å². The first-order valence-corrected chi connectivity index (χ1v) is 13.4. The zero-order valence-electron chi connectivity index (χ0n) is 16.7. The quantitative estimate of drug-likeness (QED) is 0.161. The fourth-order valence-corrected chi connectivity index (χ4v) is 6.53. The first-order chi connectivity index (χ1) is 14.7. The van der Waals surface area contributed by atoms with Gasteiger partial charge in [0.2, 0.25) is 0 Å². The zero-order valence-corrected chi connectivity index (χ0v) is 20.2. The Kier molecular flexibility index (Phi) is 8.07. The predicted molar refractivity (Wildman–Crippen MR) is 106 cm³/mol. The summed E-state index contributed by atoms with van der Waals surface area (Å²) >= 11 is 6.23. The second-order valence-electron chi connectivity index (χ2n) is 7.23. The molecular weight excluding hydrogens is 542 g/mol.